The number of carbonyl (C=O) groups excluding carboxylic acids is 1. The molecule has 2 aromatic rings. The van der Waals surface area contributed by atoms with Crippen molar-refractivity contribution in [3.05, 3.63) is 58.6 Å². The molecular formula is C17H19ClN2O2. The molecule has 2 aromatic carbocycles. The highest BCUT2D eigenvalue weighted by atomic mass is 35.5. The highest BCUT2D eigenvalue weighted by molar-refractivity contribution is 6.33. The van der Waals surface area contributed by atoms with Crippen LogP contribution in [0, 0.1) is 0 Å². The van der Waals surface area contributed by atoms with Gasteiger partial charge in [0.15, 0.2) is 0 Å². The van der Waals surface area contributed by atoms with E-state index in [4.69, 9.17) is 16.7 Å². The highest BCUT2D eigenvalue weighted by Gasteiger charge is 2.04. The SMILES string of the molecule is CCC(=O)Nc1ccc(Cl)c(NCc2ccc(CO)cc2)c1. The van der Waals surface area contributed by atoms with E-state index in [1.807, 2.05) is 30.3 Å². The molecule has 0 heterocycles. The first kappa shape index (κ1) is 16.3. The molecule has 0 aliphatic heterocycles. The van der Waals surface area contributed by atoms with Gasteiger partial charge in [-0.1, -0.05) is 42.8 Å². The lowest BCUT2D eigenvalue weighted by molar-refractivity contribution is -0.115. The third kappa shape index (κ3) is 4.48. The number of benzene rings is 2. The predicted octanol–water partition coefficient (Wildman–Crippen LogP) is 3.79. The second-order valence-corrected chi connectivity index (χ2v) is 5.33. The molecule has 0 radical (unpaired) electrons. The maximum Gasteiger partial charge on any atom is 0.224 e. The van der Waals surface area contributed by atoms with Crippen molar-refractivity contribution in [1.29, 1.82) is 0 Å². The smallest absolute Gasteiger partial charge is 0.224 e. The molecule has 0 aliphatic carbocycles. The van der Waals surface area contributed by atoms with Crippen molar-refractivity contribution in [3.8, 4) is 0 Å². The number of nitrogens with one attached hydrogen (secondary N) is 2. The van der Waals surface area contributed by atoms with Crippen LogP contribution in [0.2, 0.25) is 5.02 Å². The minimum atomic E-state index is -0.0344. The van der Waals surface area contributed by atoms with Gasteiger partial charge in [0.05, 0.1) is 17.3 Å². The zero-order valence-corrected chi connectivity index (χ0v) is 13.2. The molecule has 1 amide bonds. The van der Waals surface area contributed by atoms with Crippen molar-refractivity contribution in [3.63, 3.8) is 0 Å². The number of amides is 1. The Labute approximate surface area is 135 Å². The molecule has 5 heteroatoms. The van der Waals surface area contributed by atoms with E-state index in [9.17, 15) is 4.79 Å². The van der Waals surface area contributed by atoms with Gasteiger partial charge in [-0.15, -0.1) is 0 Å². The molecule has 0 spiro atoms. The highest BCUT2D eigenvalue weighted by Crippen LogP contribution is 2.26. The Morgan fingerprint density at radius 1 is 1.14 bits per heavy atom. The van der Waals surface area contributed by atoms with Crippen molar-refractivity contribution >= 4 is 28.9 Å². The van der Waals surface area contributed by atoms with Crippen LogP contribution in [0.4, 0.5) is 11.4 Å². The Morgan fingerprint density at radius 2 is 1.82 bits per heavy atom. The second-order valence-electron chi connectivity index (χ2n) is 4.92. The fourth-order valence-corrected chi connectivity index (χ4v) is 2.13. The molecule has 0 saturated heterocycles. The number of aliphatic hydroxyl groups excluding tert-OH is 1. The maximum absolute atomic E-state index is 11.4. The summed E-state index contributed by atoms with van der Waals surface area (Å²) in [5.74, 6) is -0.0344. The molecule has 0 aromatic heterocycles. The largest absolute Gasteiger partial charge is 0.392 e. The van der Waals surface area contributed by atoms with Crippen molar-refractivity contribution in [1.82, 2.24) is 0 Å². The average molecular weight is 319 g/mol. The summed E-state index contributed by atoms with van der Waals surface area (Å²) in [7, 11) is 0. The molecule has 2 rings (SSSR count). The van der Waals surface area contributed by atoms with Crippen LogP contribution in [0.25, 0.3) is 0 Å². The van der Waals surface area contributed by atoms with Crippen LogP contribution in [-0.4, -0.2) is 11.0 Å². The van der Waals surface area contributed by atoms with Crippen LogP contribution in [-0.2, 0) is 17.9 Å². The van der Waals surface area contributed by atoms with E-state index in [1.54, 1.807) is 19.1 Å². The molecule has 116 valence electrons. The first-order valence-corrected chi connectivity index (χ1v) is 7.52. The Hall–Kier alpha value is -2.04. The summed E-state index contributed by atoms with van der Waals surface area (Å²) in [6, 6.07) is 13.0. The summed E-state index contributed by atoms with van der Waals surface area (Å²) in [6.07, 6.45) is 0.433. The van der Waals surface area contributed by atoms with E-state index in [0.29, 0.717) is 18.0 Å². The Balaban J connectivity index is 2.04. The third-order valence-corrected chi connectivity index (χ3v) is 3.59. The van der Waals surface area contributed by atoms with Gasteiger partial charge in [0.2, 0.25) is 5.91 Å². The summed E-state index contributed by atoms with van der Waals surface area (Å²) < 4.78 is 0. The van der Waals surface area contributed by atoms with Crippen LogP contribution in [0.15, 0.2) is 42.5 Å². The van der Waals surface area contributed by atoms with Crippen LogP contribution < -0.4 is 10.6 Å². The molecule has 0 fully saturated rings. The standard InChI is InChI=1S/C17H19ClN2O2/c1-2-17(22)20-14-7-8-15(18)16(9-14)19-10-12-3-5-13(11-21)6-4-12/h3-9,19,21H,2,10-11H2,1H3,(H,20,22). The lowest BCUT2D eigenvalue weighted by atomic mass is 10.1. The summed E-state index contributed by atoms with van der Waals surface area (Å²) in [6.45, 7) is 2.45. The lowest BCUT2D eigenvalue weighted by Crippen LogP contribution is -2.09. The Bertz CT molecular complexity index is 642. The molecule has 0 unspecified atom stereocenters. The van der Waals surface area contributed by atoms with Gasteiger partial charge in [-0.2, -0.15) is 0 Å². The van der Waals surface area contributed by atoms with E-state index in [1.165, 1.54) is 0 Å². The predicted molar refractivity (Wildman–Crippen MR) is 90.1 cm³/mol. The van der Waals surface area contributed by atoms with E-state index in [-0.39, 0.29) is 12.5 Å². The van der Waals surface area contributed by atoms with E-state index < -0.39 is 0 Å². The molecule has 0 saturated carbocycles. The molecule has 0 aliphatic rings. The number of rotatable bonds is 6. The molecular weight excluding hydrogens is 300 g/mol. The van der Waals surface area contributed by atoms with Crippen molar-refractivity contribution in [2.45, 2.75) is 26.5 Å². The van der Waals surface area contributed by atoms with E-state index in [2.05, 4.69) is 10.6 Å². The normalized spacial score (nSPS) is 10.3. The van der Waals surface area contributed by atoms with Gasteiger partial charge in [0, 0.05) is 18.7 Å². The van der Waals surface area contributed by atoms with Gasteiger partial charge in [-0.05, 0) is 29.3 Å². The van der Waals surface area contributed by atoms with Gasteiger partial charge >= 0.3 is 0 Å². The Morgan fingerprint density at radius 3 is 2.45 bits per heavy atom. The van der Waals surface area contributed by atoms with Crippen molar-refractivity contribution in [2.75, 3.05) is 10.6 Å². The molecule has 0 bridgehead atoms. The number of aliphatic hydroxyl groups is 1. The monoisotopic (exact) mass is 318 g/mol. The van der Waals surface area contributed by atoms with E-state index in [0.717, 1.165) is 22.5 Å². The molecule has 3 N–H and O–H groups in total. The average Bonchev–Trinajstić information content (AvgIpc) is 2.55. The Kier molecular flexibility index (Phi) is 5.81. The topological polar surface area (TPSA) is 61.4 Å². The number of anilines is 2. The van der Waals surface area contributed by atoms with Gasteiger partial charge in [-0.25, -0.2) is 0 Å². The minimum absolute atomic E-state index is 0.0344. The first-order chi connectivity index (χ1) is 10.6. The van der Waals surface area contributed by atoms with Gasteiger partial charge in [-0.3, -0.25) is 4.79 Å². The summed E-state index contributed by atoms with van der Waals surface area (Å²) in [5, 5.41) is 15.7. The third-order valence-electron chi connectivity index (χ3n) is 3.26. The van der Waals surface area contributed by atoms with Crippen LogP contribution >= 0.6 is 11.6 Å². The van der Waals surface area contributed by atoms with Gasteiger partial charge in [0.1, 0.15) is 0 Å². The number of halogens is 1. The van der Waals surface area contributed by atoms with E-state index >= 15 is 0 Å². The summed E-state index contributed by atoms with van der Waals surface area (Å²) in [5.41, 5.74) is 3.44. The number of hydrogen-bond acceptors (Lipinski definition) is 3. The fraction of sp³-hybridized carbons (Fsp3) is 0.235. The molecule has 4 nitrogen and oxygen atoms in total. The van der Waals surface area contributed by atoms with Crippen LogP contribution in [0.3, 0.4) is 0 Å². The van der Waals surface area contributed by atoms with Crippen molar-refractivity contribution < 1.29 is 9.90 Å². The van der Waals surface area contributed by atoms with Crippen LogP contribution in [0.1, 0.15) is 24.5 Å². The molecule has 22 heavy (non-hydrogen) atoms. The minimum Gasteiger partial charge on any atom is -0.392 e. The lowest BCUT2D eigenvalue weighted by Gasteiger charge is -2.11. The number of carbonyl (C=O) groups is 1. The van der Waals surface area contributed by atoms with Gasteiger partial charge < -0.3 is 15.7 Å². The maximum atomic E-state index is 11.4. The van der Waals surface area contributed by atoms with Gasteiger partial charge in [0.25, 0.3) is 0 Å². The quantitative estimate of drug-likeness (QED) is 0.759. The zero-order valence-electron chi connectivity index (χ0n) is 12.4. The summed E-state index contributed by atoms with van der Waals surface area (Å²) >= 11 is 6.17. The first-order valence-electron chi connectivity index (χ1n) is 7.14. The van der Waals surface area contributed by atoms with Crippen LogP contribution in [0.5, 0.6) is 0 Å². The molecule has 0 atom stereocenters. The fourth-order valence-electron chi connectivity index (χ4n) is 1.95. The summed E-state index contributed by atoms with van der Waals surface area (Å²) in [4.78, 5) is 11.4. The number of hydrogen-bond donors (Lipinski definition) is 3. The second kappa shape index (κ2) is 7.82. The van der Waals surface area contributed by atoms with Crippen molar-refractivity contribution in [2.24, 2.45) is 0 Å². The zero-order chi connectivity index (χ0) is 15.9.